The minimum Gasteiger partial charge on any atom is -0.334 e. The number of hydroxylamine groups is 1. The van der Waals surface area contributed by atoms with E-state index in [9.17, 15) is 0 Å². The van der Waals surface area contributed by atoms with E-state index >= 15 is 0 Å². The molecule has 0 fully saturated rings. The van der Waals surface area contributed by atoms with Crippen LogP contribution < -0.4 is 5.48 Å². The molecule has 0 radical (unpaired) electrons. The number of rotatable bonds is 3. The number of nitrogens with one attached hydrogen (secondary N) is 1. The third-order valence-electron chi connectivity index (χ3n) is 2.50. The summed E-state index contributed by atoms with van der Waals surface area (Å²) in [7, 11) is 0. The first-order chi connectivity index (χ1) is 7.81. The standard InChI is InChI=1S/C10H14N4O2/c1-7-13-10(16-14-7)8-4-2-3-5-9(8)11-6-12-15/h6,15H,2-5H2,1H3,(H,11,12). The van der Waals surface area contributed by atoms with Gasteiger partial charge in [0.05, 0.1) is 5.70 Å². The van der Waals surface area contributed by atoms with Gasteiger partial charge in [0.2, 0.25) is 0 Å². The molecule has 0 saturated heterocycles. The van der Waals surface area contributed by atoms with Gasteiger partial charge in [0.25, 0.3) is 5.89 Å². The highest BCUT2D eigenvalue weighted by Gasteiger charge is 2.18. The van der Waals surface area contributed by atoms with Gasteiger partial charge in [-0.3, -0.25) is 10.7 Å². The van der Waals surface area contributed by atoms with Crippen molar-refractivity contribution >= 4 is 11.9 Å². The molecule has 6 nitrogen and oxygen atoms in total. The average molecular weight is 222 g/mol. The highest BCUT2D eigenvalue weighted by atomic mass is 16.5. The molecule has 1 aromatic rings. The molecule has 0 aliphatic heterocycles. The first-order valence-electron chi connectivity index (χ1n) is 5.26. The molecule has 0 unspecified atom stereocenters. The minimum atomic E-state index is 0.544. The van der Waals surface area contributed by atoms with E-state index in [0.29, 0.717) is 11.7 Å². The smallest absolute Gasteiger partial charge is 0.255 e. The highest BCUT2D eigenvalue weighted by Crippen LogP contribution is 2.31. The van der Waals surface area contributed by atoms with Gasteiger partial charge < -0.3 is 4.52 Å². The van der Waals surface area contributed by atoms with Gasteiger partial charge in [-0.15, -0.1) is 0 Å². The summed E-state index contributed by atoms with van der Waals surface area (Å²) in [5, 5.41) is 12.3. The van der Waals surface area contributed by atoms with Crippen LogP contribution in [0.5, 0.6) is 0 Å². The predicted octanol–water partition coefficient (Wildman–Crippen LogP) is 1.67. The summed E-state index contributed by atoms with van der Waals surface area (Å²) in [4.78, 5) is 8.33. The Balaban J connectivity index is 2.32. The van der Waals surface area contributed by atoms with Crippen molar-refractivity contribution in [3.05, 3.63) is 17.4 Å². The van der Waals surface area contributed by atoms with Crippen molar-refractivity contribution in [1.29, 1.82) is 0 Å². The fraction of sp³-hybridized carbons (Fsp3) is 0.500. The van der Waals surface area contributed by atoms with Crippen molar-refractivity contribution < 1.29 is 9.73 Å². The van der Waals surface area contributed by atoms with Crippen molar-refractivity contribution in [1.82, 2.24) is 15.6 Å². The van der Waals surface area contributed by atoms with Crippen LogP contribution in [-0.2, 0) is 0 Å². The maximum Gasteiger partial charge on any atom is 0.255 e. The second-order valence-corrected chi connectivity index (χ2v) is 3.67. The number of aromatic nitrogens is 2. The SMILES string of the molecule is Cc1noc(C2=C(N=CNO)CCCC2)n1. The van der Waals surface area contributed by atoms with Gasteiger partial charge in [-0.05, 0) is 32.6 Å². The van der Waals surface area contributed by atoms with Crippen molar-refractivity contribution in [2.75, 3.05) is 0 Å². The van der Waals surface area contributed by atoms with Crippen LogP contribution in [0.3, 0.4) is 0 Å². The Morgan fingerprint density at radius 1 is 1.44 bits per heavy atom. The molecule has 0 atom stereocenters. The Hall–Kier alpha value is -1.69. The zero-order valence-electron chi connectivity index (χ0n) is 9.10. The Kier molecular flexibility index (Phi) is 3.31. The molecule has 0 spiro atoms. The van der Waals surface area contributed by atoms with Crippen molar-refractivity contribution in [3.8, 4) is 0 Å². The number of aryl methyl sites for hydroxylation is 1. The van der Waals surface area contributed by atoms with E-state index in [-0.39, 0.29) is 0 Å². The number of nitrogens with zero attached hydrogens (tertiary/aromatic N) is 3. The second-order valence-electron chi connectivity index (χ2n) is 3.67. The number of hydrogen-bond acceptors (Lipinski definition) is 5. The van der Waals surface area contributed by atoms with E-state index in [2.05, 4.69) is 15.1 Å². The van der Waals surface area contributed by atoms with Gasteiger partial charge in [0.1, 0.15) is 6.34 Å². The van der Waals surface area contributed by atoms with Gasteiger partial charge in [0, 0.05) is 5.57 Å². The number of aliphatic imine (C=N–C) groups is 1. The fourth-order valence-electron chi connectivity index (χ4n) is 1.79. The molecule has 1 aliphatic carbocycles. The molecule has 2 rings (SSSR count). The lowest BCUT2D eigenvalue weighted by Gasteiger charge is -2.13. The van der Waals surface area contributed by atoms with Crippen LogP contribution in [0, 0.1) is 6.92 Å². The summed E-state index contributed by atoms with van der Waals surface area (Å²) < 4.78 is 5.14. The number of hydrogen-bond donors (Lipinski definition) is 2. The topological polar surface area (TPSA) is 83.5 Å². The molecule has 1 aliphatic rings. The average Bonchev–Trinajstić information content (AvgIpc) is 2.73. The molecule has 0 bridgehead atoms. The lowest BCUT2D eigenvalue weighted by Crippen LogP contribution is -2.04. The quantitative estimate of drug-likeness (QED) is 0.461. The Morgan fingerprint density at radius 3 is 2.94 bits per heavy atom. The largest absolute Gasteiger partial charge is 0.334 e. The molecular formula is C10H14N4O2. The molecular weight excluding hydrogens is 208 g/mol. The summed E-state index contributed by atoms with van der Waals surface area (Å²) >= 11 is 0. The fourth-order valence-corrected chi connectivity index (χ4v) is 1.79. The molecule has 16 heavy (non-hydrogen) atoms. The summed E-state index contributed by atoms with van der Waals surface area (Å²) in [6.45, 7) is 1.79. The van der Waals surface area contributed by atoms with Crippen LogP contribution in [0.4, 0.5) is 0 Å². The minimum absolute atomic E-state index is 0.544. The van der Waals surface area contributed by atoms with Crippen LogP contribution in [0.2, 0.25) is 0 Å². The van der Waals surface area contributed by atoms with E-state index in [4.69, 9.17) is 9.73 Å². The van der Waals surface area contributed by atoms with E-state index in [0.717, 1.165) is 37.0 Å². The summed E-state index contributed by atoms with van der Waals surface area (Å²) in [6, 6.07) is 0. The lowest BCUT2D eigenvalue weighted by molar-refractivity contribution is 0.239. The Morgan fingerprint density at radius 2 is 2.25 bits per heavy atom. The third kappa shape index (κ3) is 2.27. The van der Waals surface area contributed by atoms with E-state index in [1.165, 1.54) is 6.34 Å². The van der Waals surface area contributed by atoms with E-state index < -0.39 is 0 Å². The van der Waals surface area contributed by atoms with Crippen LogP contribution in [0.25, 0.3) is 5.57 Å². The van der Waals surface area contributed by atoms with Gasteiger partial charge in [-0.25, -0.2) is 4.99 Å². The summed E-state index contributed by atoms with van der Waals surface area (Å²) in [5.41, 5.74) is 3.78. The Labute approximate surface area is 93.0 Å². The second kappa shape index (κ2) is 4.89. The predicted molar refractivity (Wildman–Crippen MR) is 57.8 cm³/mol. The molecule has 6 heteroatoms. The highest BCUT2D eigenvalue weighted by molar-refractivity contribution is 5.66. The molecule has 1 heterocycles. The van der Waals surface area contributed by atoms with Gasteiger partial charge in [-0.1, -0.05) is 5.16 Å². The van der Waals surface area contributed by atoms with Crippen molar-refractivity contribution in [3.63, 3.8) is 0 Å². The first kappa shape index (κ1) is 10.8. The summed E-state index contributed by atoms with van der Waals surface area (Å²) in [5.74, 6) is 1.17. The molecule has 0 aromatic carbocycles. The van der Waals surface area contributed by atoms with Crippen LogP contribution in [0.15, 0.2) is 15.2 Å². The third-order valence-corrected chi connectivity index (χ3v) is 2.50. The van der Waals surface area contributed by atoms with Crippen LogP contribution in [-0.4, -0.2) is 21.7 Å². The molecule has 2 N–H and O–H groups in total. The van der Waals surface area contributed by atoms with Crippen LogP contribution >= 0.6 is 0 Å². The monoisotopic (exact) mass is 222 g/mol. The maximum absolute atomic E-state index is 8.48. The van der Waals surface area contributed by atoms with Gasteiger partial charge in [0.15, 0.2) is 5.82 Å². The lowest BCUT2D eigenvalue weighted by atomic mass is 9.96. The molecule has 0 saturated carbocycles. The van der Waals surface area contributed by atoms with Crippen molar-refractivity contribution in [2.24, 2.45) is 4.99 Å². The molecule has 1 aromatic heterocycles. The zero-order valence-corrected chi connectivity index (χ0v) is 9.10. The summed E-state index contributed by atoms with van der Waals surface area (Å²) in [6.07, 6.45) is 5.20. The maximum atomic E-state index is 8.48. The number of allylic oxidation sites excluding steroid dienone is 2. The first-order valence-corrected chi connectivity index (χ1v) is 5.26. The van der Waals surface area contributed by atoms with E-state index in [1.54, 1.807) is 6.92 Å². The van der Waals surface area contributed by atoms with Crippen molar-refractivity contribution in [2.45, 2.75) is 32.6 Å². The van der Waals surface area contributed by atoms with Crippen LogP contribution in [0.1, 0.15) is 37.4 Å². The molecule has 86 valence electrons. The van der Waals surface area contributed by atoms with Gasteiger partial charge >= 0.3 is 0 Å². The zero-order chi connectivity index (χ0) is 11.4. The Bertz CT molecular complexity index is 422. The van der Waals surface area contributed by atoms with E-state index in [1.807, 2.05) is 5.48 Å². The van der Waals surface area contributed by atoms with Gasteiger partial charge in [-0.2, -0.15) is 4.98 Å². The molecule has 0 amide bonds. The normalized spacial score (nSPS) is 17.1.